The molecule has 2 unspecified atom stereocenters. The molecule has 0 aliphatic heterocycles. The van der Waals surface area contributed by atoms with Gasteiger partial charge in [0.1, 0.15) is 0 Å². The lowest BCUT2D eigenvalue weighted by Gasteiger charge is -2.36. The molecule has 0 aromatic heterocycles. The predicted molar refractivity (Wildman–Crippen MR) is 70.9 cm³/mol. The van der Waals surface area contributed by atoms with E-state index in [4.69, 9.17) is 5.73 Å². The largest absolute Gasteiger partial charge is 0.389 e. The summed E-state index contributed by atoms with van der Waals surface area (Å²) in [6.07, 6.45) is 10.5. The average molecular weight is 240 g/mol. The van der Waals surface area contributed by atoms with Crippen molar-refractivity contribution in [1.82, 2.24) is 4.90 Å². The Kier molecular flexibility index (Phi) is 4.45. The number of nitrogens with zero attached hydrogens (tertiary/aromatic N) is 1. The van der Waals surface area contributed by atoms with E-state index in [-0.39, 0.29) is 0 Å². The van der Waals surface area contributed by atoms with Crippen LogP contribution < -0.4 is 5.73 Å². The Bertz CT molecular complexity index is 238. The van der Waals surface area contributed by atoms with Crippen LogP contribution in [-0.4, -0.2) is 41.3 Å². The number of nitrogens with two attached hydrogens (primary N) is 1. The van der Waals surface area contributed by atoms with Crippen LogP contribution >= 0.6 is 0 Å². The fraction of sp³-hybridized carbons (Fsp3) is 1.00. The molecule has 2 aliphatic rings. The van der Waals surface area contributed by atoms with E-state index in [1.165, 1.54) is 38.5 Å². The van der Waals surface area contributed by atoms with Crippen molar-refractivity contribution in [3.05, 3.63) is 0 Å². The van der Waals surface area contributed by atoms with Crippen molar-refractivity contribution in [2.75, 3.05) is 13.6 Å². The molecule has 0 amide bonds. The summed E-state index contributed by atoms with van der Waals surface area (Å²) in [5, 5.41) is 10.5. The molecule has 3 heteroatoms. The summed E-state index contributed by atoms with van der Waals surface area (Å²) < 4.78 is 0. The number of likely N-dealkylation sites (N-methyl/N-ethyl adjacent to an activating group) is 1. The maximum atomic E-state index is 10.5. The van der Waals surface area contributed by atoms with Gasteiger partial charge in [0.2, 0.25) is 0 Å². The molecule has 0 saturated heterocycles. The third-order valence-corrected chi connectivity index (χ3v) is 4.68. The van der Waals surface area contributed by atoms with Crippen LogP contribution in [0.5, 0.6) is 0 Å². The molecule has 100 valence electrons. The van der Waals surface area contributed by atoms with Crippen LogP contribution in [0.4, 0.5) is 0 Å². The van der Waals surface area contributed by atoms with Crippen molar-refractivity contribution < 1.29 is 5.11 Å². The van der Waals surface area contributed by atoms with E-state index in [0.717, 1.165) is 25.8 Å². The third kappa shape index (κ3) is 3.43. The van der Waals surface area contributed by atoms with Gasteiger partial charge in [-0.25, -0.2) is 0 Å². The first-order chi connectivity index (χ1) is 8.11. The lowest BCUT2D eigenvalue weighted by molar-refractivity contribution is 0.00135. The molecular weight excluding hydrogens is 212 g/mol. The monoisotopic (exact) mass is 240 g/mol. The second-order valence-electron chi connectivity index (χ2n) is 6.22. The van der Waals surface area contributed by atoms with Crippen molar-refractivity contribution >= 4 is 0 Å². The Hall–Kier alpha value is -0.120. The highest BCUT2D eigenvalue weighted by Crippen LogP contribution is 2.31. The van der Waals surface area contributed by atoms with Gasteiger partial charge in [0.25, 0.3) is 0 Å². The molecule has 2 rings (SSSR count). The van der Waals surface area contributed by atoms with Gasteiger partial charge >= 0.3 is 0 Å². The van der Waals surface area contributed by atoms with Crippen molar-refractivity contribution in [3.8, 4) is 0 Å². The molecule has 0 heterocycles. The second-order valence-corrected chi connectivity index (χ2v) is 6.22. The van der Waals surface area contributed by atoms with Crippen molar-refractivity contribution in [2.24, 2.45) is 5.73 Å². The van der Waals surface area contributed by atoms with Crippen LogP contribution in [0.15, 0.2) is 0 Å². The van der Waals surface area contributed by atoms with E-state index in [0.29, 0.717) is 12.1 Å². The van der Waals surface area contributed by atoms with E-state index in [1.807, 2.05) is 0 Å². The average Bonchev–Trinajstić information content (AvgIpc) is 2.57. The molecule has 2 aliphatic carbocycles. The topological polar surface area (TPSA) is 49.5 Å². The summed E-state index contributed by atoms with van der Waals surface area (Å²) >= 11 is 0. The minimum atomic E-state index is -0.430. The van der Waals surface area contributed by atoms with Gasteiger partial charge < -0.3 is 10.8 Å². The van der Waals surface area contributed by atoms with Gasteiger partial charge in [0, 0.05) is 18.6 Å². The zero-order valence-electron chi connectivity index (χ0n) is 11.2. The Balaban J connectivity index is 1.90. The van der Waals surface area contributed by atoms with Crippen LogP contribution in [0, 0.1) is 0 Å². The molecule has 3 N–H and O–H groups in total. The van der Waals surface area contributed by atoms with Gasteiger partial charge in [-0.1, -0.05) is 32.1 Å². The van der Waals surface area contributed by atoms with Crippen LogP contribution in [0.25, 0.3) is 0 Å². The second kappa shape index (κ2) is 5.68. The standard InChI is InChI=1S/C14H28N2O/c1-16(11-14(17)9-5-6-10-14)13-8-4-2-3-7-12(13)15/h12-13,17H,2-11,15H2,1H3. The van der Waals surface area contributed by atoms with Crippen molar-refractivity contribution in [1.29, 1.82) is 0 Å². The van der Waals surface area contributed by atoms with Gasteiger partial charge in [0.05, 0.1) is 5.60 Å². The van der Waals surface area contributed by atoms with Crippen molar-refractivity contribution in [3.63, 3.8) is 0 Å². The van der Waals surface area contributed by atoms with E-state index >= 15 is 0 Å². The van der Waals surface area contributed by atoms with E-state index in [2.05, 4.69) is 11.9 Å². The summed E-state index contributed by atoms with van der Waals surface area (Å²) in [4.78, 5) is 2.33. The minimum absolute atomic E-state index is 0.299. The molecule has 0 radical (unpaired) electrons. The summed E-state index contributed by atoms with van der Waals surface area (Å²) in [5.41, 5.74) is 5.84. The molecule has 0 bridgehead atoms. The minimum Gasteiger partial charge on any atom is -0.389 e. The summed E-state index contributed by atoms with van der Waals surface area (Å²) in [7, 11) is 2.14. The normalized spacial score (nSPS) is 33.9. The molecule has 0 aromatic carbocycles. The number of rotatable bonds is 3. The summed E-state index contributed by atoms with van der Waals surface area (Å²) in [5.74, 6) is 0. The lowest BCUT2D eigenvalue weighted by atomic mass is 9.97. The molecule has 0 spiro atoms. The van der Waals surface area contributed by atoms with E-state index in [9.17, 15) is 5.11 Å². The number of hydrogen-bond acceptors (Lipinski definition) is 3. The Morgan fingerprint density at radius 2 is 1.76 bits per heavy atom. The quantitative estimate of drug-likeness (QED) is 0.741. The fourth-order valence-electron chi connectivity index (χ4n) is 3.64. The first-order valence-corrected chi connectivity index (χ1v) is 7.29. The number of hydrogen-bond donors (Lipinski definition) is 2. The SMILES string of the molecule is CN(CC1(O)CCCC1)C1CCCCCC1N. The molecule has 0 aromatic rings. The Morgan fingerprint density at radius 3 is 2.47 bits per heavy atom. The molecule has 2 fully saturated rings. The van der Waals surface area contributed by atoms with E-state index < -0.39 is 5.60 Å². The van der Waals surface area contributed by atoms with Gasteiger partial charge in [-0.15, -0.1) is 0 Å². The van der Waals surface area contributed by atoms with Gasteiger partial charge in [-0.3, -0.25) is 4.90 Å². The molecule has 2 saturated carbocycles. The van der Waals surface area contributed by atoms with E-state index in [1.54, 1.807) is 0 Å². The highest BCUT2D eigenvalue weighted by Gasteiger charge is 2.35. The molecular formula is C14H28N2O. The van der Waals surface area contributed by atoms with Crippen LogP contribution in [0.3, 0.4) is 0 Å². The van der Waals surface area contributed by atoms with Gasteiger partial charge in [-0.05, 0) is 32.7 Å². The summed E-state index contributed by atoms with van der Waals surface area (Å²) in [6.45, 7) is 0.811. The number of aliphatic hydroxyl groups is 1. The Morgan fingerprint density at radius 1 is 1.12 bits per heavy atom. The predicted octanol–water partition coefficient (Wildman–Crippen LogP) is 1.88. The van der Waals surface area contributed by atoms with Gasteiger partial charge in [-0.2, -0.15) is 0 Å². The summed E-state index contributed by atoms with van der Waals surface area (Å²) in [6, 6.07) is 0.773. The molecule has 17 heavy (non-hydrogen) atoms. The Labute approximate surface area is 105 Å². The highest BCUT2D eigenvalue weighted by molar-refractivity contribution is 4.91. The zero-order valence-corrected chi connectivity index (χ0v) is 11.2. The first kappa shape index (κ1) is 13.3. The zero-order chi connectivity index (χ0) is 12.3. The van der Waals surface area contributed by atoms with Crippen LogP contribution in [0.2, 0.25) is 0 Å². The van der Waals surface area contributed by atoms with Crippen LogP contribution in [0.1, 0.15) is 57.8 Å². The highest BCUT2D eigenvalue weighted by atomic mass is 16.3. The maximum absolute atomic E-state index is 10.5. The molecule has 3 nitrogen and oxygen atoms in total. The maximum Gasteiger partial charge on any atom is 0.0774 e. The van der Waals surface area contributed by atoms with Crippen molar-refractivity contribution in [2.45, 2.75) is 75.5 Å². The fourth-order valence-corrected chi connectivity index (χ4v) is 3.64. The third-order valence-electron chi connectivity index (χ3n) is 4.68. The first-order valence-electron chi connectivity index (χ1n) is 7.29. The lowest BCUT2D eigenvalue weighted by Crippen LogP contribution is -2.50. The molecule has 2 atom stereocenters. The van der Waals surface area contributed by atoms with Gasteiger partial charge in [0.15, 0.2) is 0 Å². The van der Waals surface area contributed by atoms with Crippen LogP contribution in [-0.2, 0) is 0 Å². The smallest absolute Gasteiger partial charge is 0.0774 e.